The van der Waals surface area contributed by atoms with E-state index in [1.807, 2.05) is 4.90 Å². The molecule has 0 radical (unpaired) electrons. The summed E-state index contributed by atoms with van der Waals surface area (Å²) in [6.07, 6.45) is 0.928. The minimum atomic E-state index is -0.552. The van der Waals surface area contributed by atoms with E-state index in [1.165, 1.54) is 24.3 Å². The Hall–Kier alpha value is -4.27. The van der Waals surface area contributed by atoms with Crippen molar-refractivity contribution in [3.8, 4) is 0 Å². The van der Waals surface area contributed by atoms with Crippen molar-refractivity contribution < 1.29 is 23.2 Å². The molecular formula is C29H30F2N4O3. The van der Waals surface area contributed by atoms with Crippen LogP contribution in [0.1, 0.15) is 46.0 Å². The Morgan fingerprint density at radius 1 is 0.868 bits per heavy atom. The molecule has 7 nitrogen and oxygen atoms in total. The van der Waals surface area contributed by atoms with Crippen molar-refractivity contribution in [3.05, 3.63) is 95.1 Å². The van der Waals surface area contributed by atoms with Gasteiger partial charge in [-0.15, -0.1) is 0 Å². The number of rotatable bonds is 7. The van der Waals surface area contributed by atoms with Crippen LogP contribution in [0.4, 0.5) is 20.2 Å². The highest BCUT2D eigenvalue weighted by molar-refractivity contribution is 6.02. The lowest BCUT2D eigenvalue weighted by Gasteiger charge is -2.26. The number of nitrogens with one attached hydrogen (secondary N) is 2. The molecule has 4 rings (SSSR count). The number of amides is 3. The number of benzene rings is 3. The number of carbonyl (C=O) groups excluding carboxylic acids is 3. The van der Waals surface area contributed by atoms with Crippen LogP contribution in [0.5, 0.6) is 0 Å². The van der Waals surface area contributed by atoms with E-state index in [-0.39, 0.29) is 35.6 Å². The van der Waals surface area contributed by atoms with Gasteiger partial charge in [0.25, 0.3) is 11.8 Å². The lowest BCUT2D eigenvalue weighted by atomic mass is 10.1. The predicted molar refractivity (Wildman–Crippen MR) is 142 cm³/mol. The van der Waals surface area contributed by atoms with Gasteiger partial charge in [-0.25, -0.2) is 8.78 Å². The topological polar surface area (TPSA) is 81.8 Å². The van der Waals surface area contributed by atoms with E-state index in [0.29, 0.717) is 56.0 Å². The number of anilines is 2. The van der Waals surface area contributed by atoms with E-state index in [2.05, 4.69) is 10.6 Å². The van der Waals surface area contributed by atoms with Gasteiger partial charge in [-0.3, -0.25) is 14.4 Å². The molecule has 3 amide bonds. The van der Waals surface area contributed by atoms with Gasteiger partial charge < -0.3 is 20.4 Å². The third-order valence-corrected chi connectivity index (χ3v) is 6.44. The molecule has 1 aliphatic heterocycles. The highest BCUT2D eigenvalue weighted by Crippen LogP contribution is 2.26. The predicted octanol–water partition coefficient (Wildman–Crippen LogP) is 4.60. The highest BCUT2D eigenvalue weighted by atomic mass is 19.1. The van der Waals surface area contributed by atoms with Crippen molar-refractivity contribution in [1.29, 1.82) is 0 Å². The van der Waals surface area contributed by atoms with Gasteiger partial charge in [-0.05, 0) is 54.4 Å². The Balaban J connectivity index is 1.54. The van der Waals surface area contributed by atoms with Crippen LogP contribution in [0.2, 0.25) is 0 Å². The molecule has 198 valence electrons. The molecular weight excluding hydrogens is 490 g/mol. The minimum absolute atomic E-state index is 0.0397. The summed E-state index contributed by atoms with van der Waals surface area (Å²) >= 11 is 0. The molecule has 1 fully saturated rings. The van der Waals surface area contributed by atoms with E-state index >= 15 is 0 Å². The second-order valence-corrected chi connectivity index (χ2v) is 9.06. The van der Waals surface area contributed by atoms with Gasteiger partial charge in [0.05, 0.1) is 11.1 Å². The summed E-state index contributed by atoms with van der Waals surface area (Å²) < 4.78 is 27.4. The largest absolute Gasteiger partial charge is 0.369 e. The molecule has 1 heterocycles. The summed E-state index contributed by atoms with van der Waals surface area (Å²) in [6, 6.07) is 17.0. The summed E-state index contributed by atoms with van der Waals surface area (Å²) in [5, 5.41) is 5.66. The van der Waals surface area contributed by atoms with Crippen LogP contribution < -0.4 is 15.5 Å². The van der Waals surface area contributed by atoms with Crippen LogP contribution in [0.15, 0.2) is 66.7 Å². The number of hydrogen-bond donors (Lipinski definition) is 2. The average Bonchev–Trinajstić information content (AvgIpc) is 3.19. The zero-order valence-corrected chi connectivity index (χ0v) is 21.2. The molecule has 1 saturated heterocycles. The van der Waals surface area contributed by atoms with E-state index in [9.17, 15) is 23.2 Å². The minimum Gasteiger partial charge on any atom is -0.369 e. The molecule has 9 heteroatoms. The zero-order valence-electron chi connectivity index (χ0n) is 21.2. The van der Waals surface area contributed by atoms with Crippen LogP contribution in [-0.4, -0.2) is 48.8 Å². The quantitative estimate of drug-likeness (QED) is 0.477. The van der Waals surface area contributed by atoms with Gasteiger partial charge >= 0.3 is 0 Å². The first-order chi connectivity index (χ1) is 18.4. The van der Waals surface area contributed by atoms with Crippen molar-refractivity contribution in [2.45, 2.75) is 26.3 Å². The fraction of sp³-hybridized carbons (Fsp3) is 0.276. The summed E-state index contributed by atoms with van der Waals surface area (Å²) in [4.78, 5) is 41.9. The third-order valence-electron chi connectivity index (χ3n) is 6.44. The SMILES string of the molecule is CCC(=O)Nc1ccc(N2CCCN(C(=O)c3ccccc3F)CC2)c(C(=O)NCc2ccc(F)cc2)c1. The Morgan fingerprint density at radius 3 is 2.37 bits per heavy atom. The standard InChI is InChI=1S/C29H30F2N4O3/c1-2-27(36)33-22-12-13-26(24(18-22)28(37)32-19-20-8-10-21(30)11-9-20)34-14-5-15-35(17-16-34)29(38)23-6-3-4-7-25(23)31/h3-4,6-13,18H,2,5,14-17,19H2,1H3,(H,32,37)(H,33,36). The fourth-order valence-corrected chi connectivity index (χ4v) is 4.37. The van der Waals surface area contributed by atoms with Crippen LogP contribution in [-0.2, 0) is 11.3 Å². The second kappa shape index (κ2) is 12.3. The number of halogens is 2. The maximum atomic E-state index is 14.2. The van der Waals surface area contributed by atoms with Crippen molar-refractivity contribution in [3.63, 3.8) is 0 Å². The van der Waals surface area contributed by atoms with Gasteiger partial charge in [0, 0.05) is 50.5 Å². The molecule has 3 aromatic rings. The summed E-state index contributed by atoms with van der Waals surface area (Å²) in [5.74, 6) is -1.79. The summed E-state index contributed by atoms with van der Waals surface area (Å²) in [5.41, 5.74) is 2.32. The maximum absolute atomic E-state index is 14.2. The molecule has 3 aromatic carbocycles. The molecule has 0 bridgehead atoms. The van der Waals surface area contributed by atoms with Crippen molar-refractivity contribution >= 4 is 29.1 Å². The molecule has 1 aliphatic rings. The molecule has 0 aliphatic carbocycles. The maximum Gasteiger partial charge on any atom is 0.256 e. The van der Waals surface area contributed by atoms with Crippen LogP contribution in [0.3, 0.4) is 0 Å². The molecule has 0 aromatic heterocycles. The smallest absolute Gasteiger partial charge is 0.256 e. The monoisotopic (exact) mass is 520 g/mol. The van der Waals surface area contributed by atoms with Gasteiger partial charge in [0.1, 0.15) is 11.6 Å². The first-order valence-corrected chi connectivity index (χ1v) is 12.6. The van der Waals surface area contributed by atoms with Gasteiger partial charge in [-0.1, -0.05) is 31.2 Å². The van der Waals surface area contributed by atoms with Gasteiger partial charge in [0.15, 0.2) is 0 Å². The van der Waals surface area contributed by atoms with Gasteiger partial charge in [-0.2, -0.15) is 0 Å². The summed E-state index contributed by atoms with van der Waals surface area (Å²) in [7, 11) is 0. The molecule has 0 unspecified atom stereocenters. The lowest BCUT2D eigenvalue weighted by Crippen LogP contribution is -2.36. The average molecular weight is 521 g/mol. The first kappa shape index (κ1) is 26.8. The molecule has 0 spiro atoms. The first-order valence-electron chi connectivity index (χ1n) is 12.6. The Morgan fingerprint density at radius 2 is 1.63 bits per heavy atom. The number of hydrogen-bond acceptors (Lipinski definition) is 4. The van der Waals surface area contributed by atoms with E-state index in [1.54, 1.807) is 54.3 Å². The number of carbonyl (C=O) groups is 3. The van der Waals surface area contributed by atoms with Crippen molar-refractivity contribution in [2.24, 2.45) is 0 Å². The fourth-order valence-electron chi connectivity index (χ4n) is 4.37. The Bertz CT molecular complexity index is 1310. The van der Waals surface area contributed by atoms with Gasteiger partial charge in [0.2, 0.25) is 5.91 Å². The highest BCUT2D eigenvalue weighted by Gasteiger charge is 2.25. The van der Waals surface area contributed by atoms with Crippen LogP contribution in [0, 0.1) is 11.6 Å². The van der Waals surface area contributed by atoms with Crippen LogP contribution >= 0.6 is 0 Å². The third kappa shape index (κ3) is 6.53. The molecule has 38 heavy (non-hydrogen) atoms. The second-order valence-electron chi connectivity index (χ2n) is 9.06. The van der Waals surface area contributed by atoms with E-state index in [0.717, 1.165) is 5.56 Å². The van der Waals surface area contributed by atoms with E-state index in [4.69, 9.17) is 0 Å². The normalized spacial score (nSPS) is 13.6. The summed E-state index contributed by atoms with van der Waals surface area (Å²) in [6.45, 7) is 3.79. The van der Waals surface area contributed by atoms with Crippen LogP contribution in [0.25, 0.3) is 0 Å². The van der Waals surface area contributed by atoms with E-state index < -0.39 is 5.82 Å². The lowest BCUT2D eigenvalue weighted by molar-refractivity contribution is -0.115. The van der Waals surface area contributed by atoms with Crippen molar-refractivity contribution in [1.82, 2.24) is 10.2 Å². The Kier molecular flexibility index (Phi) is 8.68. The number of nitrogens with zero attached hydrogens (tertiary/aromatic N) is 2. The van der Waals surface area contributed by atoms with Crippen molar-refractivity contribution in [2.75, 3.05) is 36.4 Å². The molecule has 0 saturated carbocycles. The zero-order chi connectivity index (χ0) is 27.1. The molecule has 0 atom stereocenters. The molecule has 2 N–H and O–H groups in total. The Labute approximate surface area is 220 Å².